The van der Waals surface area contributed by atoms with Crippen molar-refractivity contribution in [3.8, 4) is 0 Å². The van der Waals surface area contributed by atoms with E-state index in [0.29, 0.717) is 6.54 Å². The molecule has 0 aliphatic rings. The molecule has 2 rings (SSSR count). The summed E-state index contributed by atoms with van der Waals surface area (Å²) in [4.78, 5) is 0. The normalized spacial score (nSPS) is 10.6. The van der Waals surface area contributed by atoms with Crippen molar-refractivity contribution in [1.29, 1.82) is 0 Å². The van der Waals surface area contributed by atoms with Crippen molar-refractivity contribution in [1.82, 2.24) is 4.57 Å². The number of benzene rings is 1. The molecule has 1 heterocycles. The predicted octanol–water partition coefficient (Wildman–Crippen LogP) is 3.79. The lowest BCUT2D eigenvalue weighted by molar-refractivity contribution is 0.588. The highest BCUT2D eigenvalue weighted by Crippen LogP contribution is 2.18. The minimum Gasteiger partial charge on any atom is -0.376 e. The molecule has 2 aromatic rings. The van der Waals surface area contributed by atoms with Crippen LogP contribution in [0.25, 0.3) is 0 Å². The van der Waals surface area contributed by atoms with E-state index in [1.807, 2.05) is 18.5 Å². The largest absolute Gasteiger partial charge is 0.376 e. The summed E-state index contributed by atoms with van der Waals surface area (Å²) in [5, 5.41) is 2.79. The van der Waals surface area contributed by atoms with E-state index in [-0.39, 0.29) is 5.69 Å². The van der Waals surface area contributed by atoms with Crippen molar-refractivity contribution in [3.63, 3.8) is 0 Å². The zero-order valence-corrected chi connectivity index (χ0v) is 10.3. The molecule has 0 fully saturated rings. The van der Waals surface area contributed by atoms with Crippen LogP contribution < -0.4 is 5.32 Å². The lowest BCUT2D eigenvalue weighted by atomic mass is 10.2. The van der Waals surface area contributed by atoms with E-state index in [2.05, 4.69) is 16.8 Å². The predicted molar refractivity (Wildman–Crippen MR) is 68.4 cm³/mol. The SMILES string of the molecule is CCCn1ccc(CNc2c(F)cccc2F)c1. The first kappa shape index (κ1) is 12.6. The van der Waals surface area contributed by atoms with Crippen LogP contribution in [-0.2, 0) is 13.1 Å². The molecule has 0 unspecified atom stereocenters. The van der Waals surface area contributed by atoms with Crippen LogP contribution in [0.1, 0.15) is 18.9 Å². The monoisotopic (exact) mass is 250 g/mol. The molecule has 0 saturated carbocycles. The van der Waals surface area contributed by atoms with E-state index in [1.165, 1.54) is 18.2 Å². The van der Waals surface area contributed by atoms with E-state index in [1.54, 1.807) is 0 Å². The molecule has 0 spiro atoms. The third kappa shape index (κ3) is 2.88. The van der Waals surface area contributed by atoms with Gasteiger partial charge in [-0.05, 0) is 30.2 Å². The van der Waals surface area contributed by atoms with Gasteiger partial charge in [-0.2, -0.15) is 0 Å². The molecule has 0 saturated heterocycles. The van der Waals surface area contributed by atoms with Crippen molar-refractivity contribution in [2.45, 2.75) is 26.4 Å². The minimum absolute atomic E-state index is 0.0688. The van der Waals surface area contributed by atoms with Gasteiger partial charge in [0.15, 0.2) is 0 Å². The molecule has 0 amide bonds. The maximum atomic E-state index is 13.4. The number of aromatic nitrogens is 1. The number of anilines is 1. The number of nitrogens with zero attached hydrogens (tertiary/aromatic N) is 1. The first-order chi connectivity index (χ1) is 8.70. The summed E-state index contributed by atoms with van der Waals surface area (Å²) < 4.78 is 28.8. The van der Waals surface area contributed by atoms with E-state index >= 15 is 0 Å². The summed E-state index contributed by atoms with van der Waals surface area (Å²) in [6, 6.07) is 5.79. The Balaban J connectivity index is 2.02. The fourth-order valence-electron chi connectivity index (χ4n) is 1.85. The molecule has 4 heteroatoms. The molecule has 1 aromatic carbocycles. The second-order valence-corrected chi connectivity index (χ2v) is 4.21. The third-order valence-electron chi connectivity index (χ3n) is 2.73. The van der Waals surface area contributed by atoms with E-state index < -0.39 is 11.6 Å². The summed E-state index contributed by atoms with van der Waals surface area (Å²) >= 11 is 0. The lowest BCUT2D eigenvalue weighted by Crippen LogP contribution is -2.03. The lowest BCUT2D eigenvalue weighted by Gasteiger charge is -2.07. The third-order valence-corrected chi connectivity index (χ3v) is 2.73. The highest BCUT2D eigenvalue weighted by Gasteiger charge is 2.07. The fourth-order valence-corrected chi connectivity index (χ4v) is 1.85. The summed E-state index contributed by atoms with van der Waals surface area (Å²) in [6.45, 7) is 3.47. The highest BCUT2D eigenvalue weighted by atomic mass is 19.1. The smallest absolute Gasteiger partial charge is 0.149 e. The van der Waals surface area contributed by atoms with Gasteiger partial charge >= 0.3 is 0 Å². The van der Waals surface area contributed by atoms with Gasteiger partial charge in [0.25, 0.3) is 0 Å². The van der Waals surface area contributed by atoms with E-state index in [9.17, 15) is 8.78 Å². The van der Waals surface area contributed by atoms with Crippen LogP contribution in [0, 0.1) is 11.6 Å². The Morgan fingerprint density at radius 2 is 1.89 bits per heavy atom. The number of hydrogen-bond donors (Lipinski definition) is 1. The van der Waals surface area contributed by atoms with Gasteiger partial charge in [0.2, 0.25) is 0 Å². The second kappa shape index (κ2) is 5.67. The van der Waals surface area contributed by atoms with Crippen LogP contribution >= 0.6 is 0 Å². The average Bonchev–Trinajstić information content (AvgIpc) is 2.77. The van der Waals surface area contributed by atoms with Gasteiger partial charge in [0.1, 0.15) is 17.3 Å². The van der Waals surface area contributed by atoms with Gasteiger partial charge in [-0.25, -0.2) is 8.78 Å². The molecular weight excluding hydrogens is 234 g/mol. The zero-order chi connectivity index (χ0) is 13.0. The van der Waals surface area contributed by atoms with Crippen molar-refractivity contribution < 1.29 is 8.78 Å². The number of aryl methyl sites for hydroxylation is 1. The van der Waals surface area contributed by atoms with Gasteiger partial charge in [-0.3, -0.25) is 0 Å². The summed E-state index contributed by atoms with van der Waals surface area (Å²) in [6.07, 6.45) is 5.01. The molecule has 0 aliphatic carbocycles. The summed E-state index contributed by atoms with van der Waals surface area (Å²) in [5.41, 5.74) is 0.937. The molecule has 18 heavy (non-hydrogen) atoms. The number of rotatable bonds is 5. The van der Waals surface area contributed by atoms with Crippen LogP contribution in [0.2, 0.25) is 0 Å². The number of hydrogen-bond acceptors (Lipinski definition) is 1. The van der Waals surface area contributed by atoms with E-state index in [4.69, 9.17) is 0 Å². The average molecular weight is 250 g/mol. The van der Waals surface area contributed by atoms with Gasteiger partial charge in [0, 0.05) is 25.5 Å². The van der Waals surface area contributed by atoms with Crippen LogP contribution in [0.5, 0.6) is 0 Å². The van der Waals surface area contributed by atoms with Gasteiger partial charge < -0.3 is 9.88 Å². The fraction of sp³-hybridized carbons (Fsp3) is 0.286. The van der Waals surface area contributed by atoms with Crippen molar-refractivity contribution >= 4 is 5.69 Å². The Hall–Kier alpha value is -1.84. The molecule has 0 radical (unpaired) electrons. The van der Waals surface area contributed by atoms with Crippen LogP contribution in [-0.4, -0.2) is 4.57 Å². The number of halogens is 2. The quantitative estimate of drug-likeness (QED) is 0.854. The Kier molecular flexibility index (Phi) is 3.97. The molecule has 2 nitrogen and oxygen atoms in total. The maximum Gasteiger partial charge on any atom is 0.149 e. The van der Waals surface area contributed by atoms with Crippen LogP contribution in [0.4, 0.5) is 14.5 Å². The van der Waals surface area contributed by atoms with Crippen molar-refractivity contribution in [3.05, 3.63) is 53.9 Å². The molecule has 1 aromatic heterocycles. The molecule has 0 aliphatic heterocycles. The molecule has 0 atom stereocenters. The van der Waals surface area contributed by atoms with Crippen LogP contribution in [0.3, 0.4) is 0 Å². The van der Waals surface area contributed by atoms with Crippen molar-refractivity contribution in [2.75, 3.05) is 5.32 Å². The topological polar surface area (TPSA) is 17.0 Å². The Bertz CT molecular complexity index is 500. The number of para-hydroxylation sites is 1. The van der Waals surface area contributed by atoms with Gasteiger partial charge in [-0.1, -0.05) is 13.0 Å². The summed E-state index contributed by atoms with van der Waals surface area (Å²) in [7, 11) is 0. The van der Waals surface area contributed by atoms with Gasteiger partial charge in [-0.15, -0.1) is 0 Å². The maximum absolute atomic E-state index is 13.4. The standard InChI is InChI=1S/C14H16F2N2/c1-2-7-18-8-6-11(10-18)9-17-14-12(15)4-3-5-13(14)16/h3-6,8,10,17H,2,7,9H2,1H3. The molecule has 0 bridgehead atoms. The number of nitrogens with one attached hydrogen (secondary N) is 1. The zero-order valence-electron chi connectivity index (χ0n) is 10.3. The van der Waals surface area contributed by atoms with E-state index in [0.717, 1.165) is 18.5 Å². The summed E-state index contributed by atoms with van der Waals surface area (Å²) in [5.74, 6) is -1.13. The van der Waals surface area contributed by atoms with Gasteiger partial charge in [0.05, 0.1) is 0 Å². The second-order valence-electron chi connectivity index (χ2n) is 4.21. The molecule has 1 N–H and O–H groups in total. The van der Waals surface area contributed by atoms with Crippen LogP contribution in [0.15, 0.2) is 36.7 Å². The first-order valence-electron chi connectivity index (χ1n) is 6.03. The Morgan fingerprint density at radius 1 is 1.17 bits per heavy atom. The first-order valence-corrected chi connectivity index (χ1v) is 6.03. The highest BCUT2D eigenvalue weighted by molar-refractivity contribution is 5.46. The Labute approximate surface area is 105 Å². The molecule has 96 valence electrons. The van der Waals surface area contributed by atoms with Crippen molar-refractivity contribution in [2.24, 2.45) is 0 Å². The molecular formula is C14H16F2N2. The minimum atomic E-state index is -0.567. The Morgan fingerprint density at radius 3 is 2.56 bits per heavy atom.